The molecule has 0 aromatic heterocycles. The van der Waals surface area contributed by atoms with Crippen molar-refractivity contribution in [1.82, 2.24) is 0 Å². The van der Waals surface area contributed by atoms with E-state index in [1.165, 1.54) is 6.07 Å². The Morgan fingerprint density at radius 2 is 2.00 bits per heavy atom. The summed E-state index contributed by atoms with van der Waals surface area (Å²) in [5.74, 6) is 0.170. The highest BCUT2D eigenvalue weighted by Gasteiger charge is 2.05. The van der Waals surface area contributed by atoms with E-state index in [1.54, 1.807) is 18.2 Å². The molecule has 0 aliphatic rings. The van der Waals surface area contributed by atoms with E-state index in [4.69, 9.17) is 22.1 Å². The predicted octanol–water partition coefficient (Wildman–Crippen LogP) is 3.95. The van der Waals surface area contributed by atoms with Gasteiger partial charge in [0, 0.05) is 10.6 Å². The Hall–Kier alpha value is -1.74. The van der Waals surface area contributed by atoms with E-state index in [1.807, 2.05) is 19.1 Å². The number of aryl methyl sites for hydroxylation is 1. The zero-order valence-electron chi connectivity index (χ0n) is 9.91. The maximum Gasteiger partial charge on any atom is 0.142 e. The maximum atomic E-state index is 13.5. The van der Waals surface area contributed by atoms with E-state index < -0.39 is 0 Å². The van der Waals surface area contributed by atoms with Crippen molar-refractivity contribution in [2.24, 2.45) is 0 Å². The molecule has 0 spiro atoms. The minimum Gasteiger partial charge on any atom is -0.487 e. The average Bonchev–Trinajstić information content (AvgIpc) is 2.30. The van der Waals surface area contributed by atoms with Gasteiger partial charge in [-0.25, -0.2) is 4.39 Å². The van der Waals surface area contributed by atoms with E-state index in [0.29, 0.717) is 22.0 Å². The molecule has 4 heteroatoms. The molecule has 0 heterocycles. The summed E-state index contributed by atoms with van der Waals surface area (Å²) < 4.78 is 19.0. The molecule has 0 fully saturated rings. The van der Waals surface area contributed by atoms with E-state index in [-0.39, 0.29) is 12.4 Å². The van der Waals surface area contributed by atoms with E-state index in [9.17, 15) is 4.39 Å². The first kappa shape index (κ1) is 12.7. The van der Waals surface area contributed by atoms with Crippen molar-refractivity contribution >= 4 is 17.3 Å². The number of benzene rings is 2. The summed E-state index contributed by atoms with van der Waals surface area (Å²) in [6.07, 6.45) is 0. The van der Waals surface area contributed by atoms with Crippen LogP contribution in [-0.4, -0.2) is 0 Å². The lowest BCUT2D eigenvalue weighted by atomic mass is 10.2. The zero-order valence-corrected chi connectivity index (χ0v) is 10.7. The third-order valence-corrected chi connectivity index (χ3v) is 2.80. The van der Waals surface area contributed by atoms with Gasteiger partial charge in [-0.05, 0) is 36.8 Å². The molecule has 2 aromatic rings. The average molecular weight is 266 g/mol. The van der Waals surface area contributed by atoms with Crippen LogP contribution in [0, 0.1) is 12.7 Å². The van der Waals surface area contributed by atoms with Crippen molar-refractivity contribution in [2.45, 2.75) is 13.5 Å². The number of hydrogen-bond donors (Lipinski definition) is 1. The Balaban J connectivity index is 2.11. The molecule has 2 N–H and O–H groups in total. The first-order valence-electron chi connectivity index (χ1n) is 5.49. The lowest BCUT2D eigenvalue weighted by Crippen LogP contribution is -2.01. The van der Waals surface area contributed by atoms with Crippen LogP contribution < -0.4 is 10.5 Å². The van der Waals surface area contributed by atoms with Gasteiger partial charge in [0.1, 0.15) is 18.2 Å². The number of anilines is 1. The molecule has 2 rings (SSSR count). The topological polar surface area (TPSA) is 35.2 Å². The lowest BCUT2D eigenvalue weighted by Gasteiger charge is -2.10. The monoisotopic (exact) mass is 265 g/mol. The highest BCUT2D eigenvalue weighted by atomic mass is 35.5. The Bertz CT molecular complexity index is 520. The molecule has 0 unspecified atom stereocenters. The molecular formula is C14H13ClFNO. The highest BCUT2D eigenvalue weighted by molar-refractivity contribution is 6.30. The van der Waals surface area contributed by atoms with Gasteiger partial charge in [0.2, 0.25) is 0 Å². The summed E-state index contributed by atoms with van der Waals surface area (Å²) in [6.45, 7) is 2.06. The Morgan fingerprint density at radius 3 is 2.67 bits per heavy atom. The van der Waals surface area contributed by atoms with Gasteiger partial charge >= 0.3 is 0 Å². The quantitative estimate of drug-likeness (QED) is 0.853. The van der Waals surface area contributed by atoms with Gasteiger partial charge in [-0.2, -0.15) is 0 Å². The summed E-state index contributed by atoms with van der Waals surface area (Å²) in [6, 6.07) is 9.97. The largest absolute Gasteiger partial charge is 0.487 e. The summed E-state index contributed by atoms with van der Waals surface area (Å²) >= 11 is 5.68. The number of nitrogens with two attached hydrogens (primary N) is 1. The summed E-state index contributed by atoms with van der Waals surface area (Å²) in [4.78, 5) is 0. The van der Waals surface area contributed by atoms with Crippen LogP contribution >= 0.6 is 11.6 Å². The summed E-state index contributed by atoms with van der Waals surface area (Å²) in [5, 5.41) is 0.367. The fourth-order valence-electron chi connectivity index (χ4n) is 1.59. The number of nitrogen functional groups attached to an aromatic ring is 1. The molecule has 0 amide bonds. The van der Waals surface area contributed by atoms with E-state index >= 15 is 0 Å². The van der Waals surface area contributed by atoms with Crippen molar-refractivity contribution in [1.29, 1.82) is 0 Å². The van der Waals surface area contributed by atoms with Gasteiger partial charge in [-0.15, -0.1) is 0 Å². The van der Waals surface area contributed by atoms with Gasteiger partial charge in [-0.1, -0.05) is 23.7 Å². The third-order valence-electron chi connectivity index (χ3n) is 2.56. The Morgan fingerprint density at radius 1 is 1.22 bits per heavy atom. The van der Waals surface area contributed by atoms with Crippen molar-refractivity contribution in [2.75, 3.05) is 5.73 Å². The molecule has 0 atom stereocenters. The van der Waals surface area contributed by atoms with Gasteiger partial charge in [0.05, 0.1) is 5.69 Å². The standard InChI is InChI=1S/C14H13ClFNO/c1-9-2-5-14(13(17)6-9)18-8-10-3-4-11(15)7-12(10)16/h2-7H,8,17H2,1H3. The van der Waals surface area contributed by atoms with Crippen LogP contribution in [0.25, 0.3) is 0 Å². The molecule has 0 aliphatic heterocycles. The number of hydrogen-bond acceptors (Lipinski definition) is 2. The van der Waals surface area contributed by atoms with Gasteiger partial charge < -0.3 is 10.5 Å². The molecule has 18 heavy (non-hydrogen) atoms. The van der Waals surface area contributed by atoms with E-state index in [0.717, 1.165) is 5.56 Å². The highest BCUT2D eigenvalue weighted by Crippen LogP contribution is 2.24. The second-order valence-electron chi connectivity index (χ2n) is 4.07. The molecule has 0 saturated heterocycles. The summed E-state index contributed by atoms with van der Waals surface area (Å²) in [5.41, 5.74) is 7.85. The second kappa shape index (κ2) is 5.27. The van der Waals surface area contributed by atoms with Crippen LogP contribution in [0.2, 0.25) is 5.02 Å². The molecule has 0 radical (unpaired) electrons. The second-order valence-corrected chi connectivity index (χ2v) is 4.50. The van der Waals surface area contributed by atoms with Crippen LogP contribution in [0.3, 0.4) is 0 Å². The number of halogens is 2. The smallest absolute Gasteiger partial charge is 0.142 e. The minimum absolute atomic E-state index is 0.121. The molecule has 2 aromatic carbocycles. The molecule has 0 saturated carbocycles. The fourth-order valence-corrected chi connectivity index (χ4v) is 1.75. The number of rotatable bonds is 3. The fraction of sp³-hybridized carbons (Fsp3) is 0.143. The van der Waals surface area contributed by atoms with Crippen LogP contribution in [0.15, 0.2) is 36.4 Å². The Kier molecular flexibility index (Phi) is 3.72. The number of ether oxygens (including phenoxy) is 1. The van der Waals surface area contributed by atoms with Crippen LogP contribution in [0.1, 0.15) is 11.1 Å². The first-order valence-corrected chi connectivity index (χ1v) is 5.87. The minimum atomic E-state index is -0.381. The third kappa shape index (κ3) is 2.93. The van der Waals surface area contributed by atoms with Gasteiger partial charge in [-0.3, -0.25) is 0 Å². The Labute approximate surface area is 110 Å². The molecule has 94 valence electrons. The molecule has 0 aliphatic carbocycles. The summed E-state index contributed by atoms with van der Waals surface area (Å²) in [7, 11) is 0. The predicted molar refractivity (Wildman–Crippen MR) is 71.3 cm³/mol. The normalized spacial score (nSPS) is 10.4. The van der Waals surface area contributed by atoms with Gasteiger partial charge in [0.15, 0.2) is 0 Å². The van der Waals surface area contributed by atoms with Crippen molar-refractivity contribution < 1.29 is 9.13 Å². The van der Waals surface area contributed by atoms with Gasteiger partial charge in [0.25, 0.3) is 0 Å². The maximum absolute atomic E-state index is 13.5. The molecule has 2 nitrogen and oxygen atoms in total. The SMILES string of the molecule is Cc1ccc(OCc2ccc(Cl)cc2F)c(N)c1. The van der Waals surface area contributed by atoms with Crippen molar-refractivity contribution in [3.8, 4) is 5.75 Å². The van der Waals surface area contributed by atoms with Crippen molar-refractivity contribution in [3.05, 3.63) is 58.4 Å². The molecule has 0 bridgehead atoms. The first-order chi connectivity index (χ1) is 8.56. The van der Waals surface area contributed by atoms with Crippen LogP contribution in [-0.2, 0) is 6.61 Å². The lowest BCUT2D eigenvalue weighted by molar-refractivity contribution is 0.301. The van der Waals surface area contributed by atoms with Crippen LogP contribution in [0.4, 0.5) is 10.1 Å². The molecular weight excluding hydrogens is 253 g/mol. The van der Waals surface area contributed by atoms with Crippen molar-refractivity contribution in [3.63, 3.8) is 0 Å². The van der Waals surface area contributed by atoms with E-state index in [2.05, 4.69) is 0 Å². The van der Waals surface area contributed by atoms with Crippen LogP contribution in [0.5, 0.6) is 5.75 Å². The zero-order chi connectivity index (χ0) is 13.1.